The maximum Gasteiger partial charge on any atom is 0.220 e. The molecule has 5 nitrogen and oxygen atoms in total. The van der Waals surface area contributed by atoms with Crippen molar-refractivity contribution < 1.29 is 19.0 Å². The van der Waals surface area contributed by atoms with Gasteiger partial charge in [0.05, 0.1) is 19.8 Å². The molecule has 20 heavy (non-hydrogen) atoms. The summed E-state index contributed by atoms with van der Waals surface area (Å²) in [5.41, 5.74) is -0.590. The topological polar surface area (TPSA) is 56.8 Å². The molecule has 120 valence electrons. The minimum absolute atomic E-state index is 0.0204. The molecule has 0 unspecified atom stereocenters. The Kier molecular flexibility index (Phi) is 11.7. The summed E-state index contributed by atoms with van der Waals surface area (Å²) >= 11 is 0. The van der Waals surface area contributed by atoms with Crippen molar-refractivity contribution in [3.05, 3.63) is 0 Å². The molecule has 0 spiro atoms. The van der Waals surface area contributed by atoms with Crippen molar-refractivity contribution >= 4 is 5.91 Å². The smallest absolute Gasteiger partial charge is 0.220 e. The Labute approximate surface area is 123 Å². The van der Waals surface area contributed by atoms with Gasteiger partial charge in [-0.1, -0.05) is 13.8 Å². The molecule has 0 radical (unpaired) electrons. The molecule has 5 heteroatoms. The Bertz CT molecular complexity index is 238. The Morgan fingerprint density at radius 1 is 0.900 bits per heavy atom. The van der Waals surface area contributed by atoms with Gasteiger partial charge in [-0.3, -0.25) is 4.79 Å². The standard InChI is InChI=1S/C15H31NO4/c1-5-9-14(17)16-15(11-18-7-3,12-19-8-4)13-20-10-6-2/h5-13H2,1-4H3,(H,16,17). The van der Waals surface area contributed by atoms with Gasteiger partial charge in [0.2, 0.25) is 5.91 Å². The fourth-order valence-corrected chi connectivity index (χ4v) is 1.83. The van der Waals surface area contributed by atoms with Crippen LogP contribution in [0.2, 0.25) is 0 Å². The van der Waals surface area contributed by atoms with Crippen molar-refractivity contribution in [2.45, 2.75) is 52.5 Å². The number of ether oxygens (including phenoxy) is 3. The Morgan fingerprint density at radius 3 is 1.90 bits per heavy atom. The molecule has 0 aliphatic heterocycles. The minimum atomic E-state index is -0.590. The molecule has 0 atom stereocenters. The lowest BCUT2D eigenvalue weighted by atomic mass is 10.0. The molecule has 1 N–H and O–H groups in total. The van der Waals surface area contributed by atoms with Gasteiger partial charge >= 0.3 is 0 Å². The second kappa shape index (κ2) is 12.1. The van der Waals surface area contributed by atoms with E-state index in [-0.39, 0.29) is 5.91 Å². The van der Waals surface area contributed by atoms with Gasteiger partial charge in [0.25, 0.3) is 0 Å². The van der Waals surface area contributed by atoms with Crippen LogP contribution in [0.15, 0.2) is 0 Å². The van der Waals surface area contributed by atoms with E-state index in [0.717, 1.165) is 12.8 Å². The summed E-state index contributed by atoms with van der Waals surface area (Å²) in [6, 6.07) is 0. The Morgan fingerprint density at radius 2 is 1.45 bits per heavy atom. The van der Waals surface area contributed by atoms with Crippen LogP contribution in [0.25, 0.3) is 0 Å². The lowest BCUT2D eigenvalue weighted by Crippen LogP contribution is -2.58. The highest BCUT2D eigenvalue weighted by molar-refractivity contribution is 5.76. The van der Waals surface area contributed by atoms with Gasteiger partial charge in [0.1, 0.15) is 5.54 Å². The van der Waals surface area contributed by atoms with Crippen LogP contribution in [-0.4, -0.2) is 51.1 Å². The van der Waals surface area contributed by atoms with Crippen molar-refractivity contribution in [1.82, 2.24) is 5.32 Å². The summed E-state index contributed by atoms with van der Waals surface area (Å²) in [5, 5.41) is 3.05. The highest BCUT2D eigenvalue weighted by Gasteiger charge is 2.33. The second-order valence-corrected chi connectivity index (χ2v) is 4.91. The third-order valence-corrected chi connectivity index (χ3v) is 2.77. The van der Waals surface area contributed by atoms with Crippen LogP contribution in [0.1, 0.15) is 47.0 Å². The van der Waals surface area contributed by atoms with Gasteiger partial charge in [-0.05, 0) is 26.7 Å². The van der Waals surface area contributed by atoms with Crippen LogP contribution in [-0.2, 0) is 19.0 Å². The monoisotopic (exact) mass is 289 g/mol. The minimum Gasteiger partial charge on any atom is -0.379 e. The van der Waals surface area contributed by atoms with E-state index in [9.17, 15) is 4.79 Å². The van der Waals surface area contributed by atoms with E-state index in [1.54, 1.807) is 0 Å². The highest BCUT2D eigenvalue weighted by atomic mass is 16.5. The van der Waals surface area contributed by atoms with Crippen molar-refractivity contribution in [3.8, 4) is 0 Å². The zero-order valence-corrected chi connectivity index (χ0v) is 13.5. The normalized spacial score (nSPS) is 11.6. The molecule has 1 amide bonds. The van der Waals surface area contributed by atoms with E-state index >= 15 is 0 Å². The number of rotatable bonds is 13. The average Bonchev–Trinajstić information content (AvgIpc) is 2.43. The number of carbonyl (C=O) groups is 1. The number of carbonyl (C=O) groups excluding carboxylic acids is 1. The number of amides is 1. The second-order valence-electron chi connectivity index (χ2n) is 4.91. The molecule has 0 rings (SSSR count). The van der Waals surface area contributed by atoms with E-state index in [0.29, 0.717) is 46.1 Å². The predicted octanol–water partition coefficient (Wildman–Crippen LogP) is 2.14. The molecule has 0 heterocycles. The first-order valence-corrected chi connectivity index (χ1v) is 7.68. The lowest BCUT2D eigenvalue weighted by Gasteiger charge is -2.34. The van der Waals surface area contributed by atoms with Crippen LogP contribution in [0.5, 0.6) is 0 Å². The molecule has 0 aromatic carbocycles. The molecule has 0 aromatic heterocycles. The third-order valence-electron chi connectivity index (χ3n) is 2.77. The number of nitrogens with one attached hydrogen (secondary N) is 1. The SMILES string of the molecule is CCCOCC(COCC)(COCC)NC(=O)CCC. The zero-order valence-electron chi connectivity index (χ0n) is 13.5. The first-order valence-electron chi connectivity index (χ1n) is 7.68. The van der Waals surface area contributed by atoms with Crippen LogP contribution in [0, 0.1) is 0 Å². The molecule has 0 saturated carbocycles. The third kappa shape index (κ3) is 8.51. The van der Waals surface area contributed by atoms with Crippen LogP contribution in [0.4, 0.5) is 0 Å². The van der Waals surface area contributed by atoms with Gasteiger partial charge in [0, 0.05) is 26.2 Å². The summed E-state index contributed by atoms with van der Waals surface area (Å²) in [6.45, 7) is 11.0. The van der Waals surface area contributed by atoms with E-state index in [1.165, 1.54) is 0 Å². The van der Waals surface area contributed by atoms with Crippen molar-refractivity contribution in [1.29, 1.82) is 0 Å². The van der Waals surface area contributed by atoms with E-state index in [4.69, 9.17) is 14.2 Å². The average molecular weight is 289 g/mol. The highest BCUT2D eigenvalue weighted by Crippen LogP contribution is 2.10. The first-order chi connectivity index (χ1) is 9.64. The van der Waals surface area contributed by atoms with E-state index in [2.05, 4.69) is 12.2 Å². The Balaban J connectivity index is 4.71. The number of hydrogen-bond acceptors (Lipinski definition) is 4. The van der Waals surface area contributed by atoms with Crippen molar-refractivity contribution in [2.75, 3.05) is 39.6 Å². The summed E-state index contributed by atoms with van der Waals surface area (Å²) in [6.07, 6.45) is 2.27. The maximum absolute atomic E-state index is 11.9. The van der Waals surface area contributed by atoms with Gasteiger partial charge in [-0.25, -0.2) is 0 Å². The van der Waals surface area contributed by atoms with Crippen molar-refractivity contribution in [2.24, 2.45) is 0 Å². The van der Waals surface area contributed by atoms with Crippen LogP contribution in [0.3, 0.4) is 0 Å². The summed E-state index contributed by atoms with van der Waals surface area (Å²) in [4.78, 5) is 11.9. The predicted molar refractivity (Wildman–Crippen MR) is 79.9 cm³/mol. The fraction of sp³-hybridized carbons (Fsp3) is 0.933. The largest absolute Gasteiger partial charge is 0.379 e. The number of hydrogen-bond donors (Lipinski definition) is 1. The Hall–Kier alpha value is -0.650. The molecule has 0 aliphatic rings. The molecular weight excluding hydrogens is 258 g/mol. The molecule has 0 bridgehead atoms. The zero-order chi connectivity index (χ0) is 15.3. The van der Waals surface area contributed by atoms with Gasteiger partial charge in [-0.2, -0.15) is 0 Å². The molecule has 0 aliphatic carbocycles. The van der Waals surface area contributed by atoms with Gasteiger partial charge in [0.15, 0.2) is 0 Å². The summed E-state index contributed by atoms with van der Waals surface area (Å²) in [7, 11) is 0. The maximum atomic E-state index is 11.9. The van der Waals surface area contributed by atoms with E-state index in [1.807, 2.05) is 20.8 Å². The lowest BCUT2D eigenvalue weighted by molar-refractivity contribution is -0.127. The van der Waals surface area contributed by atoms with Crippen molar-refractivity contribution in [3.63, 3.8) is 0 Å². The van der Waals surface area contributed by atoms with E-state index < -0.39 is 5.54 Å². The van der Waals surface area contributed by atoms with Crippen LogP contribution < -0.4 is 5.32 Å². The van der Waals surface area contributed by atoms with Gasteiger partial charge in [-0.15, -0.1) is 0 Å². The molecule has 0 aromatic rings. The van der Waals surface area contributed by atoms with Crippen LogP contribution >= 0.6 is 0 Å². The quantitative estimate of drug-likeness (QED) is 0.528. The summed E-state index contributed by atoms with van der Waals surface area (Å²) < 4.78 is 16.7. The summed E-state index contributed by atoms with van der Waals surface area (Å²) in [5.74, 6) is 0.0204. The first kappa shape index (κ1) is 19.4. The van der Waals surface area contributed by atoms with Gasteiger partial charge < -0.3 is 19.5 Å². The molecular formula is C15H31NO4. The molecule has 0 saturated heterocycles. The fourth-order valence-electron chi connectivity index (χ4n) is 1.83. The molecule has 0 fully saturated rings.